The van der Waals surface area contributed by atoms with Crippen LogP contribution in [0.15, 0.2) is 58.6 Å². The summed E-state index contributed by atoms with van der Waals surface area (Å²) in [6.45, 7) is 0. The molecule has 3 aromatic rings. The zero-order valence-electron chi connectivity index (χ0n) is 15.9. The van der Waals surface area contributed by atoms with Gasteiger partial charge in [-0.15, -0.1) is 10.2 Å². The van der Waals surface area contributed by atoms with Crippen LogP contribution in [0.2, 0.25) is 0 Å². The molecule has 1 aromatic carbocycles. The first-order valence-electron chi connectivity index (χ1n) is 9.81. The summed E-state index contributed by atoms with van der Waals surface area (Å²) in [5.74, 6) is 1.63. The van der Waals surface area contributed by atoms with Gasteiger partial charge in [0.2, 0.25) is 0 Å². The molecule has 3 heterocycles. The number of ether oxygens (including phenoxy) is 1. The Morgan fingerprint density at radius 1 is 1.00 bits per heavy atom. The molecule has 28 heavy (non-hydrogen) atoms. The van der Waals surface area contributed by atoms with Crippen LogP contribution in [-0.2, 0) is 0 Å². The predicted molar refractivity (Wildman–Crippen MR) is 112 cm³/mol. The van der Waals surface area contributed by atoms with Crippen molar-refractivity contribution < 1.29 is 4.74 Å². The lowest BCUT2D eigenvalue weighted by atomic mass is 9.96. The van der Waals surface area contributed by atoms with Crippen molar-refractivity contribution >= 4 is 10.2 Å². The molecule has 0 bridgehead atoms. The summed E-state index contributed by atoms with van der Waals surface area (Å²) in [5, 5.41) is 6.92. The monoisotopic (exact) mass is 395 g/mol. The molecule has 5 rings (SSSR count). The Bertz CT molecular complexity index is 971. The summed E-state index contributed by atoms with van der Waals surface area (Å²) in [4.78, 5) is 10.8. The average Bonchev–Trinajstić information content (AvgIpc) is 3.09. The average molecular weight is 396 g/mol. The number of benzene rings is 1. The fourth-order valence-electron chi connectivity index (χ4n) is 3.85. The van der Waals surface area contributed by atoms with Crippen molar-refractivity contribution in [2.45, 2.75) is 47.9 Å². The minimum absolute atomic E-state index is 0.600. The molecule has 3 N–H and O–H groups in total. The van der Waals surface area contributed by atoms with Crippen molar-refractivity contribution in [2.75, 3.05) is 6.26 Å². The van der Waals surface area contributed by atoms with Gasteiger partial charge in [-0.25, -0.2) is 10.3 Å². The zero-order chi connectivity index (χ0) is 19.0. The van der Waals surface area contributed by atoms with Gasteiger partial charge >= 0.3 is 0 Å². The summed E-state index contributed by atoms with van der Waals surface area (Å²) in [6.07, 6.45) is 12.4. The largest absolute Gasteiger partial charge is 0.457 e. The number of aromatic nitrogens is 3. The smallest absolute Gasteiger partial charge is 0.131 e. The summed E-state index contributed by atoms with van der Waals surface area (Å²) in [7, 11) is -1.06. The Morgan fingerprint density at radius 2 is 1.86 bits per heavy atom. The van der Waals surface area contributed by atoms with Gasteiger partial charge in [0, 0.05) is 34.3 Å². The Balaban J connectivity index is 1.26. The van der Waals surface area contributed by atoms with E-state index >= 15 is 0 Å². The molecule has 2 aliphatic rings. The second-order valence-electron chi connectivity index (χ2n) is 7.56. The van der Waals surface area contributed by atoms with Crippen molar-refractivity contribution in [3.8, 4) is 22.9 Å². The number of hydrogen-bond acceptors (Lipinski definition) is 5. The summed E-state index contributed by atoms with van der Waals surface area (Å²) in [5.41, 5.74) is 5.28. The van der Waals surface area contributed by atoms with Crippen molar-refractivity contribution in [2.24, 2.45) is 0 Å². The molecule has 0 radical (unpaired) electrons. The number of nitrogens with one attached hydrogen (secondary N) is 3. The van der Waals surface area contributed by atoms with Gasteiger partial charge in [0.1, 0.15) is 11.5 Å². The van der Waals surface area contributed by atoms with Gasteiger partial charge in [-0.3, -0.25) is 10.1 Å². The normalized spacial score (nSPS) is 23.6. The molecule has 7 heteroatoms. The van der Waals surface area contributed by atoms with Gasteiger partial charge in [0.05, 0.1) is 11.4 Å². The number of hydrazine groups is 1. The summed E-state index contributed by atoms with van der Waals surface area (Å²) < 4.78 is 6.11. The van der Waals surface area contributed by atoms with E-state index in [1.165, 1.54) is 41.9 Å². The molecular formula is C21H25N5OS. The maximum atomic E-state index is 6.11. The molecule has 146 valence electrons. The van der Waals surface area contributed by atoms with Crippen molar-refractivity contribution in [1.82, 2.24) is 25.4 Å². The topological polar surface area (TPSA) is 74.9 Å². The molecule has 2 aromatic heterocycles. The second-order valence-corrected chi connectivity index (χ2v) is 10.5. The molecule has 1 aliphatic heterocycles. The van der Waals surface area contributed by atoms with Crippen LogP contribution in [0, 0.1) is 0 Å². The van der Waals surface area contributed by atoms with E-state index in [1.54, 1.807) is 12.4 Å². The van der Waals surface area contributed by atoms with Crippen LogP contribution in [-0.4, -0.2) is 27.5 Å². The van der Waals surface area contributed by atoms with Crippen LogP contribution in [0.25, 0.3) is 11.4 Å². The van der Waals surface area contributed by atoms with Crippen LogP contribution >= 0.6 is 10.2 Å². The number of hydrogen-bond donors (Lipinski definition) is 3. The number of aromatic amines is 1. The maximum Gasteiger partial charge on any atom is 0.131 e. The van der Waals surface area contributed by atoms with Crippen LogP contribution in [0.1, 0.15) is 32.1 Å². The van der Waals surface area contributed by atoms with E-state index in [9.17, 15) is 0 Å². The number of nitrogens with zero attached hydrogens (tertiary/aromatic N) is 2. The first kappa shape index (κ1) is 17.7. The molecule has 1 atom stereocenters. The standard InChI is InChI=1S/C21H25N5OS/c1-28(26-24-15-5-3-2-4-6-15)20-8-7-16(14-21(20)28)27-17-9-11-22-19(13-17)18-10-12-23-25-18/h7-15,24,26H,2-6H2,1H3,(H,23,25). The minimum atomic E-state index is -1.06. The molecule has 1 fully saturated rings. The van der Waals surface area contributed by atoms with Gasteiger partial charge in [-0.1, -0.05) is 19.3 Å². The Hall–Kier alpha value is -2.35. The Labute approximate surface area is 166 Å². The molecule has 6 nitrogen and oxygen atoms in total. The first-order valence-corrected chi connectivity index (χ1v) is 11.8. The highest BCUT2D eigenvalue weighted by Gasteiger charge is 2.42. The van der Waals surface area contributed by atoms with Crippen LogP contribution in [0.4, 0.5) is 0 Å². The SMILES string of the molecule is CS1(NNC2CCCCC2)c2ccc(Oc3ccnc(-c4ccn[nH]4)c3)cc21. The number of rotatable bonds is 6. The van der Waals surface area contributed by atoms with E-state index in [2.05, 4.69) is 49.9 Å². The van der Waals surface area contributed by atoms with Gasteiger partial charge < -0.3 is 4.74 Å². The van der Waals surface area contributed by atoms with Crippen molar-refractivity contribution in [3.05, 3.63) is 48.8 Å². The number of fused-ring (bicyclic) bond motifs is 1. The van der Waals surface area contributed by atoms with Gasteiger partial charge in [0.15, 0.2) is 0 Å². The van der Waals surface area contributed by atoms with E-state index < -0.39 is 10.2 Å². The third-order valence-electron chi connectivity index (χ3n) is 5.57. The van der Waals surface area contributed by atoms with Crippen LogP contribution in [0.5, 0.6) is 11.5 Å². The van der Waals surface area contributed by atoms with Gasteiger partial charge in [-0.05, 0) is 49.4 Å². The van der Waals surface area contributed by atoms with Crippen LogP contribution < -0.4 is 15.0 Å². The Kier molecular flexibility index (Phi) is 4.58. The Morgan fingerprint density at radius 3 is 2.68 bits per heavy atom. The maximum absolute atomic E-state index is 6.11. The van der Waals surface area contributed by atoms with Crippen molar-refractivity contribution in [3.63, 3.8) is 0 Å². The van der Waals surface area contributed by atoms with E-state index in [0.29, 0.717) is 6.04 Å². The molecule has 0 saturated heterocycles. The highest BCUT2D eigenvalue weighted by Crippen LogP contribution is 2.74. The zero-order valence-corrected chi connectivity index (χ0v) is 16.8. The first-order chi connectivity index (χ1) is 13.7. The fraction of sp³-hybridized carbons (Fsp3) is 0.333. The quantitative estimate of drug-likeness (QED) is 0.414. The summed E-state index contributed by atoms with van der Waals surface area (Å²) in [6, 6.07) is 12.7. The van der Waals surface area contributed by atoms with Crippen molar-refractivity contribution in [1.29, 1.82) is 0 Å². The van der Waals surface area contributed by atoms with Crippen LogP contribution in [0.3, 0.4) is 0 Å². The lowest BCUT2D eigenvalue weighted by Gasteiger charge is -2.27. The predicted octanol–water partition coefficient (Wildman–Crippen LogP) is 4.77. The molecule has 1 saturated carbocycles. The molecular weight excluding hydrogens is 370 g/mol. The minimum Gasteiger partial charge on any atom is -0.457 e. The lowest BCUT2D eigenvalue weighted by Crippen LogP contribution is -2.40. The number of H-pyrrole nitrogens is 1. The highest BCUT2D eigenvalue weighted by atomic mass is 32.3. The third kappa shape index (κ3) is 3.41. The molecule has 1 aliphatic carbocycles. The fourth-order valence-corrected chi connectivity index (χ4v) is 6.33. The van der Waals surface area contributed by atoms with E-state index in [0.717, 1.165) is 22.9 Å². The van der Waals surface area contributed by atoms with E-state index in [-0.39, 0.29) is 0 Å². The number of pyridine rings is 1. The van der Waals surface area contributed by atoms with E-state index in [1.807, 2.05) is 18.2 Å². The van der Waals surface area contributed by atoms with Gasteiger partial charge in [0.25, 0.3) is 0 Å². The second kappa shape index (κ2) is 7.24. The molecule has 1 unspecified atom stereocenters. The van der Waals surface area contributed by atoms with Gasteiger partial charge in [-0.2, -0.15) is 5.10 Å². The third-order valence-corrected chi connectivity index (χ3v) is 8.34. The van der Waals surface area contributed by atoms with E-state index in [4.69, 9.17) is 4.74 Å². The molecule has 0 amide bonds. The molecule has 0 spiro atoms. The highest BCUT2D eigenvalue weighted by molar-refractivity contribution is 8.36. The summed E-state index contributed by atoms with van der Waals surface area (Å²) >= 11 is 0. The lowest BCUT2D eigenvalue weighted by molar-refractivity contribution is 0.367.